The van der Waals surface area contributed by atoms with Gasteiger partial charge in [-0.3, -0.25) is 0 Å². The van der Waals surface area contributed by atoms with Crippen LogP contribution in [-0.2, 0) is 0 Å². The Morgan fingerprint density at radius 3 is 1.00 bits per heavy atom. The van der Waals surface area contributed by atoms with Crippen molar-refractivity contribution >= 4 is 23.9 Å². The van der Waals surface area contributed by atoms with Crippen LogP contribution in [-0.4, -0.2) is 23.9 Å². The molecular formula is C6H17Sn. The Morgan fingerprint density at radius 1 is 1.00 bits per heavy atom. The molecule has 45 valence electrons. The van der Waals surface area contributed by atoms with Gasteiger partial charge in [0.15, 0.2) is 0 Å². The van der Waals surface area contributed by atoms with Crippen LogP contribution in [0.25, 0.3) is 0 Å². The van der Waals surface area contributed by atoms with Gasteiger partial charge in [-0.1, -0.05) is 28.4 Å². The predicted molar refractivity (Wildman–Crippen MR) is 41.5 cm³/mol. The molecule has 0 bridgehead atoms. The fourth-order valence-electron chi connectivity index (χ4n) is 0. The van der Waals surface area contributed by atoms with Crippen molar-refractivity contribution in [2.24, 2.45) is 0 Å². The quantitative estimate of drug-likeness (QED) is 0.536. The van der Waals surface area contributed by atoms with Crippen molar-refractivity contribution in [2.45, 2.75) is 22.3 Å². The molecule has 0 aromatic rings. The molecule has 0 aromatic heterocycles. The molecule has 0 spiro atoms. The molecule has 0 rings (SSSR count). The fraction of sp³-hybridized carbons (Fsp3) is 0.500. The second kappa shape index (κ2) is 84.7. The van der Waals surface area contributed by atoms with Crippen LogP contribution in [0.5, 0.6) is 0 Å². The summed E-state index contributed by atoms with van der Waals surface area (Å²) in [5, 5.41) is 0. The van der Waals surface area contributed by atoms with E-state index in [1.54, 1.807) is 0 Å². The van der Waals surface area contributed by atoms with Crippen molar-refractivity contribution in [2.75, 3.05) is 0 Å². The molecule has 0 N–H and O–H groups in total. The SMILES string of the molecule is C.C.C.[CH2]C=C.[Sn]. The van der Waals surface area contributed by atoms with Crippen LogP contribution in [0.1, 0.15) is 22.3 Å². The molecule has 0 unspecified atom stereocenters. The van der Waals surface area contributed by atoms with Crippen molar-refractivity contribution < 1.29 is 0 Å². The summed E-state index contributed by atoms with van der Waals surface area (Å²) in [7, 11) is 0. The van der Waals surface area contributed by atoms with Gasteiger partial charge in [0.25, 0.3) is 0 Å². The first-order chi connectivity index (χ1) is 1.41. The van der Waals surface area contributed by atoms with E-state index in [9.17, 15) is 0 Å². The van der Waals surface area contributed by atoms with Crippen LogP contribution in [0.2, 0.25) is 0 Å². The van der Waals surface area contributed by atoms with Gasteiger partial charge in [0.2, 0.25) is 0 Å². The van der Waals surface area contributed by atoms with Gasteiger partial charge in [0.05, 0.1) is 0 Å². The van der Waals surface area contributed by atoms with Gasteiger partial charge in [-0.15, -0.1) is 6.58 Å². The van der Waals surface area contributed by atoms with Gasteiger partial charge < -0.3 is 0 Å². The topological polar surface area (TPSA) is 0 Å². The minimum atomic E-state index is 0. The molecule has 0 aliphatic carbocycles. The smallest absolute Gasteiger partial charge is 0 e. The predicted octanol–water partition coefficient (Wildman–Crippen LogP) is 2.53. The van der Waals surface area contributed by atoms with Gasteiger partial charge >= 0.3 is 0 Å². The third-order valence-corrected chi connectivity index (χ3v) is 0. The van der Waals surface area contributed by atoms with Gasteiger partial charge in [0, 0.05) is 23.9 Å². The zero-order valence-electron chi connectivity index (χ0n) is 2.49. The number of rotatable bonds is 0. The van der Waals surface area contributed by atoms with Gasteiger partial charge in [-0.25, -0.2) is 0 Å². The van der Waals surface area contributed by atoms with Crippen molar-refractivity contribution in [3.05, 3.63) is 19.6 Å². The molecule has 0 heterocycles. The summed E-state index contributed by atoms with van der Waals surface area (Å²) in [6, 6.07) is 0. The van der Waals surface area contributed by atoms with E-state index >= 15 is 0 Å². The summed E-state index contributed by atoms with van der Waals surface area (Å²) in [4.78, 5) is 0. The number of allylic oxidation sites excluding steroid dienone is 1. The van der Waals surface area contributed by atoms with E-state index in [4.69, 9.17) is 0 Å². The molecule has 0 nitrogen and oxygen atoms in total. The number of hydrogen-bond acceptors (Lipinski definition) is 0. The Balaban J connectivity index is -0.00000000333. The molecule has 0 aromatic carbocycles. The molecule has 7 heavy (non-hydrogen) atoms. The zero-order chi connectivity index (χ0) is 2.71. The van der Waals surface area contributed by atoms with E-state index in [1.165, 1.54) is 6.08 Å². The molecular weight excluding hydrogens is 191 g/mol. The van der Waals surface area contributed by atoms with Crippen molar-refractivity contribution in [1.29, 1.82) is 0 Å². The molecule has 0 atom stereocenters. The maximum atomic E-state index is 3.25. The maximum absolute atomic E-state index is 3.25. The molecule has 1 heteroatoms. The molecule has 0 fully saturated rings. The zero-order valence-corrected chi connectivity index (χ0v) is 5.35. The third kappa shape index (κ3) is 464. The molecule has 0 saturated heterocycles. The average molecular weight is 208 g/mol. The van der Waals surface area contributed by atoms with Crippen LogP contribution in [0.15, 0.2) is 12.7 Å². The summed E-state index contributed by atoms with van der Waals surface area (Å²) in [5.74, 6) is 0. The van der Waals surface area contributed by atoms with E-state index in [0.717, 1.165) is 0 Å². The Bertz CT molecular complexity index is 11.7. The van der Waals surface area contributed by atoms with E-state index in [2.05, 4.69) is 13.5 Å². The molecule has 0 saturated carbocycles. The summed E-state index contributed by atoms with van der Waals surface area (Å²) in [6.07, 6.45) is 1.50. The van der Waals surface area contributed by atoms with Crippen LogP contribution < -0.4 is 0 Å². The summed E-state index contributed by atoms with van der Waals surface area (Å²) >= 11 is 0. The fourth-order valence-corrected chi connectivity index (χ4v) is 0. The normalized spacial score (nSPS) is 1.86. The maximum Gasteiger partial charge on any atom is 0 e. The van der Waals surface area contributed by atoms with Crippen molar-refractivity contribution in [1.82, 2.24) is 0 Å². The first-order valence-corrected chi connectivity index (χ1v) is 0.816. The van der Waals surface area contributed by atoms with Crippen molar-refractivity contribution in [3.8, 4) is 0 Å². The first kappa shape index (κ1) is 50.0. The Kier molecular flexibility index (Phi) is 605. The molecule has 0 amide bonds. The summed E-state index contributed by atoms with van der Waals surface area (Å²) in [5.41, 5.74) is 0. The monoisotopic (exact) mass is 209 g/mol. The van der Waals surface area contributed by atoms with Crippen LogP contribution in [0.4, 0.5) is 0 Å². The van der Waals surface area contributed by atoms with E-state index < -0.39 is 0 Å². The Morgan fingerprint density at radius 2 is 1.00 bits per heavy atom. The van der Waals surface area contributed by atoms with Crippen LogP contribution in [0.3, 0.4) is 0 Å². The largest absolute Gasteiger partial charge is 0.103 e. The van der Waals surface area contributed by atoms with E-state index in [-0.39, 0.29) is 46.2 Å². The molecule has 0 aliphatic rings. The first-order valence-electron chi connectivity index (χ1n) is 0.816. The standard InChI is InChI=1S/C3H5.3CH4.Sn/c1-3-2;;;;/h3H,1-2H2;3*1H4;. The third-order valence-electron chi connectivity index (χ3n) is 0. The van der Waals surface area contributed by atoms with Gasteiger partial charge in [-0.05, 0) is 6.92 Å². The second-order valence-electron chi connectivity index (χ2n) is 0.289. The second-order valence-corrected chi connectivity index (χ2v) is 0.289. The minimum absolute atomic E-state index is 0. The number of hydrogen-bond donors (Lipinski definition) is 0. The van der Waals surface area contributed by atoms with Crippen LogP contribution in [0, 0.1) is 6.92 Å². The minimum Gasteiger partial charge on any atom is -0.103 e. The van der Waals surface area contributed by atoms with Gasteiger partial charge in [0.1, 0.15) is 0 Å². The van der Waals surface area contributed by atoms with E-state index in [1.807, 2.05) is 0 Å². The van der Waals surface area contributed by atoms with Crippen molar-refractivity contribution in [3.63, 3.8) is 0 Å². The summed E-state index contributed by atoms with van der Waals surface area (Å²) < 4.78 is 0. The van der Waals surface area contributed by atoms with E-state index in [0.29, 0.717) is 0 Å². The average Bonchev–Trinajstić information content (AvgIpc) is 0.918. The Labute approximate surface area is 66.0 Å². The van der Waals surface area contributed by atoms with Gasteiger partial charge in [-0.2, -0.15) is 0 Å². The van der Waals surface area contributed by atoms with Crippen LogP contribution >= 0.6 is 0 Å². The Hall–Kier alpha value is 0.539. The summed E-state index contributed by atoms with van der Waals surface area (Å²) in [6.45, 7) is 6.50. The molecule has 5 radical (unpaired) electrons. The molecule has 0 aliphatic heterocycles.